The number of hydrogen-bond donors (Lipinski definition) is 1. The van der Waals surface area contributed by atoms with E-state index < -0.39 is 27.9 Å². The molecule has 14 heteroatoms. The molecular formula is C31H38F3N7O3S. The number of aliphatic hydroxyl groups excluding tert-OH is 1. The molecule has 0 amide bonds. The number of anilines is 1. The van der Waals surface area contributed by atoms with Gasteiger partial charge in [0.1, 0.15) is 5.82 Å². The summed E-state index contributed by atoms with van der Waals surface area (Å²) >= 11 is 0. The topological polar surface area (TPSA) is 107 Å². The molecule has 1 aromatic carbocycles. The molecule has 0 bridgehead atoms. The molecule has 1 unspecified atom stereocenters. The number of β-amino-alcohol motifs (C(OH)–C–C–N with tert-alkyl or cyclic N) is 1. The van der Waals surface area contributed by atoms with Crippen molar-refractivity contribution in [3.8, 4) is 11.3 Å². The minimum absolute atomic E-state index is 0.0767. The van der Waals surface area contributed by atoms with Crippen molar-refractivity contribution < 1.29 is 26.7 Å². The van der Waals surface area contributed by atoms with Crippen molar-refractivity contribution in [3.05, 3.63) is 63.9 Å². The predicted molar refractivity (Wildman–Crippen MR) is 164 cm³/mol. The standard InChI is InChI=1S/C31H38F3N7O3S/c1-38(2)28-9-8-26-30(36-28)24(16-35-26)20-10-13-39(14-11-20)17-23(42)18-41-27-12-15-40(45(3,43)44)19-25(27)29(37-41)21-4-6-22(7-5-21)31(32,33)34/h4-9,20,23,42H,10-19H2,1-3H3. The van der Waals surface area contributed by atoms with Crippen molar-refractivity contribution >= 4 is 21.4 Å². The van der Waals surface area contributed by atoms with Crippen LogP contribution in [0.1, 0.15) is 29.7 Å². The second kappa shape index (κ2) is 12.1. The zero-order chi connectivity index (χ0) is 32.1. The molecule has 1 fully saturated rings. The van der Waals surface area contributed by atoms with E-state index in [1.165, 1.54) is 22.0 Å². The van der Waals surface area contributed by atoms with Gasteiger partial charge in [-0.15, -0.1) is 0 Å². The summed E-state index contributed by atoms with van der Waals surface area (Å²) in [5, 5.41) is 17.8. The van der Waals surface area contributed by atoms with Gasteiger partial charge in [-0.3, -0.25) is 9.67 Å². The minimum atomic E-state index is -4.47. The Morgan fingerprint density at radius 3 is 2.40 bits per heavy atom. The second-order valence-electron chi connectivity index (χ2n) is 12.4. The van der Waals surface area contributed by atoms with Gasteiger partial charge in [0.25, 0.3) is 0 Å². The summed E-state index contributed by atoms with van der Waals surface area (Å²) in [6, 6.07) is 8.75. The largest absolute Gasteiger partial charge is 0.416 e. The molecule has 2 aromatic heterocycles. The van der Waals surface area contributed by atoms with E-state index in [0.717, 1.165) is 66.5 Å². The fourth-order valence-corrected chi connectivity index (χ4v) is 7.38. The third kappa shape index (κ3) is 6.64. The lowest BCUT2D eigenvalue weighted by Crippen LogP contribution is -2.41. The average Bonchev–Trinajstić information content (AvgIpc) is 3.57. The van der Waals surface area contributed by atoms with E-state index in [-0.39, 0.29) is 19.6 Å². The molecular weight excluding hydrogens is 607 g/mol. The number of hydrogen-bond acceptors (Lipinski definition) is 8. The number of aliphatic hydroxyl groups is 1. The van der Waals surface area contributed by atoms with E-state index in [9.17, 15) is 26.7 Å². The highest BCUT2D eigenvalue weighted by atomic mass is 32.2. The smallest absolute Gasteiger partial charge is 0.390 e. The highest BCUT2D eigenvalue weighted by Gasteiger charge is 2.33. The molecule has 0 saturated carbocycles. The molecule has 0 radical (unpaired) electrons. The first-order valence-corrected chi connectivity index (χ1v) is 17.0. The summed E-state index contributed by atoms with van der Waals surface area (Å²) in [6.45, 7) is 3.32. The SMILES string of the molecule is CN(C)c1ccc2c(n1)=C(C1CCN(CC(O)Cn3nc(-c4ccc(C(F)(F)F)cc4)c4c3CCN(S(C)(=O)=O)C4)CC1)CN=2. The first-order chi connectivity index (χ1) is 21.3. The van der Waals surface area contributed by atoms with E-state index in [2.05, 4.69) is 4.90 Å². The van der Waals surface area contributed by atoms with Gasteiger partial charge in [-0.1, -0.05) is 12.1 Å². The van der Waals surface area contributed by atoms with Gasteiger partial charge in [0.05, 0.1) is 47.4 Å². The van der Waals surface area contributed by atoms with Gasteiger partial charge in [0.15, 0.2) is 0 Å². The Labute approximate surface area is 260 Å². The first-order valence-electron chi connectivity index (χ1n) is 15.1. The molecule has 6 rings (SSSR count). The van der Waals surface area contributed by atoms with Crippen LogP contribution in [-0.2, 0) is 35.7 Å². The maximum Gasteiger partial charge on any atom is 0.416 e. The summed E-state index contributed by atoms with van der Waals surface area (Å²) in [5.41, 5.74) is 2.88. The lowest BCUT2D eigenvalue weighted by atomic mass is 9.89. The summed E-state index contributed by atoms with van der Waals surface area (Å²) in [7, 11) is 0.469. The van der Waals surface area contributed by atoms with Crippen molar-refractivity contribution in [3.63, 3.8) is 0 Å². The summed E-state index contributed by atoms with van der Waals surface area (Å²) in [4.78, 5) is 13.8. The van der Waals surface area contributed by atoms with E-state index >= 15 is 0 Å². The second-order valence-corrected chi connectivity index (χ2v) is 14.4. The van der Waals surface area contributed by atoms with Gasteiger partial charge < -0.3 is 14.9 Å². The summed E-state index contributed by atoms with van der Waals surface area (Å²) in [6.07, 6.45) is -1.78. The first kappa shape index (κ1) is 31.6. The van der Waals surface area contributed by atoms with E-state index in [4.69, 9.17) is 15.1 Å². The van der Waals surface area contributed by atoms with Crippen molar-refractivity contribution in [1.82, 2.24) is 24.0 Å². The van der Waals surface area contributed by atoms with Crippen molar-refractivity contribution in [2.24, 2.45) is 10.9 Å². The maximum absolute atomic E-state index is 13.2. The van der Waals surface area contributed by atoms with Crippen LogP contribution in [0.3, 0.4) is 0 Å². The molecule has 45 heavy (non-hydrogen) atoms. The van der Waals surface area contributed by atoms with Crippen LogP contribution in [0.5, 0.6) is 0 Å². The van der Waals surface area contributed by atoms with Crippen molar-refractivity contribution in [1.29, 1.82) is 0 Å². The van der Waals surface area contributed by atoms with E-state index in [0.29, 0.717) is 42.2 Å². The highest BCUT2D eigenvalue weighted by molar-refractivity contribution is 7.88. The molecule has 1 saturated heterocycles. The number of nitrogens with zero attached hydrogens (tertiary/aromatic N) is 7. The Bertz CT molecular complexity index is 1800. The lowest BCUT2D eigenvalue weighted by molar-refractivity contribution is -0.137. The predicted octanol–water partition coefficient (Wildman–Crippen LogP) is 1.90. The third-order valence-electron chi connectivity index (χ3n) is 9.03. The quantitative estimate of drug-likeness (QED) is 0.399. The molecule has 0 aliphatic carbocycles. The zero-order valence-electron chi connectivity index (χ0n) is 25.6. The number of fused-ring (bicyclic) bond motifs is 2. The molecule has 242 valence electrons. The lowest BCUT2D eigenvalue weighted by Gasteiger charge is -2.33. The minimum Gasteiger partial charge on any atom is -0.390 e. The van der Waals surface area contributed by atoms with Crippen molar-refractivity contribution in [2.45, 2.75) is 44.6 Å². The maximum atomic E-state index is 13.2. The fourth-order valence-electron chi connectivity index (χ4n) is 6.59. The Balaban J connectivity index is 1.16. The normalized spacial score (nSPS) is 18.9. The Hall–Kier alpha value is -3.33. The van der Waals surface area contributed by atoms with Crippen LogP contribution in [0.4, 0.5) is 19.0 Å². The zero-order valence-corrected chi connectivity index (χ0v) is 26.4. The van der Waals surface area contributed by atoms with Crippen molar-refractivity contribution in [2.75, 3.05) is 58.0 Å². The van der Waals surface area contributed by atoms with Crippen LogP contribution < -0.4 is 15.6 Å². The van der Waals surface area contributed by atoms with Gasteiger partial charge in [-0.2, -0.15) is 22.6 Å². The molecule has 1 atom stereocenters. The average molecular weight is 646 g/mol. The van der Waals surface area contributed by atoms with Gasteiger partial charge in [0, 0.05) is 57.0 Å². The molecule has 3 aliphatic heterocycles. The van der Waals surface area contributed by atoms with Gasteiger partial charge >= 0.3 is 6.18 Å². The van der Waals surface area contributed by atoms with Gasteiger partial charge in [-0.25, -0.2) is 13.4 Å². The number of rotatable bonds is 8. The number of alkyl halides is 3. The summed E-state index contributed by atoms with van der Waals surface area (Å²) in [5.74, 6) is 1.30. The Morgan fingerprint density at radius 2 is 1.76 bits per heavy atom. The van der Waals surface area contributed by atoms with Crippen LogP contribution in [0.2, 0.25) is 0 Å². The fraction of sp³-hybridized carbons (Fsp3) is 0.516. The summed E-state index contributed by atoms with van der Waals surface area (Å²) < 4.78 is 67.3. The van der Waals surface area contributed by atoms with Crippen LogP contribution in [-0.4, -0.2) is 96.7 Å². The number of benzene rings is 1. The molecule has 3 aromatic rings. The molecule has 10 nitrogen and oxygen atoms in total. The van der Waals surface area contributed by atoms with Gasteiger partial charge in [-0.05, 0) is 61.7 Å². The van der Waals surface area contributed by atoms with Gasteiger partial charge in [0.2, 0.25) is 10.0 Å². The number of halogens is 3. The highest BCUT2D eigenvalue weighted by Crippen LogP contribution is 2.34. The third-order valence-corrected chi connectivity index (χ3v) is 10.3. The Kier molecular flexibility index (Phi) is 8.52. The van der Waals surface area contributed by atoms with Crippen LogP contribution in [0.25, 0.3) is 16.8 Å². The Morgan fingerprint density at radius 1 is 1.04 bits per heavy atom. The molecule has 3 aliphatic rings. The number of sulfonamides is 1. The van der Waals surface area contributed by atoms with Crippen LogP contribution >= 0.6 is 0 Å². The number of aromatic nitrogens is 3. The van der Waals surface area contributed by atoms with E-state index in [1.54, 1.807) is 4.68 Å². The number of piperidine rings is 1. The molecule has 1 N–H and O–H groups in total. The van der Waals surface area contributed by atoms with Crippen LogP contribution in [0, 0.1) is 5.92 Å². The monoisotopic (exact) mass is 645 g/mol. The molecule has 5 heterocycles. The number of pyridine rings is 1. The molecule has 0 spiro atoms. The van der Waals surface area contributed by atoms with Crippen LogP contribution in [0.15, 0.2) is 41.4 Å². The number of likely N-dealkylation sites (tertiary alicyclic amines) is 1. The van der Waals surface area contributed by atoms with E-state index in [1.807, 2.05) is 31.1 Å².